The maximum absolute atomic E-state index is 14.8. The molecule has 0 aliphatic carbocycles. The molecule has 1 fully saturated rings. The largest absolute Gasteiger partial charge is 0.494 e. The zero-order chi connectivity index (χ0) is 19.8. The number of aromatic hydroxyl groups is 1. The molecule has 8 heteroatoms. The highest BCUT2D eigenvalue weighted by atomic mass is 19.1. The van der Waals surface area contributed by atoms with Crippen molar-refractivity contribution in [3.8, 4) is 11.6 Å². The second-order valence-corrected chi connectivity index (χ2v) is 6.60. The van der Waals surface area contributed by atoms with Crippen LogP contribution in [0.2, 0.25) is 0 Å². The van der Waals surface area contributed by atoms with Gasteiger partial charge in [0.2, 0.25) is 11.8 Å². The van der Waals surface area contributed by atoms with Gasteiger partial charge in [-0.25, -0.2) is 9.18 Å². The van der Waals surface area contributed by atoms with Crippen LogP contribution in [0.3, 0.4) is 0 Å². The zero-order valence-corrected chi connectivity index (χ0v) is 15.1. The molecule has 0 saturated carbocycles. The van der Waals surface area contributed by atoms with Gasteiger partial charge in [0, 0.05) is 23.9 Å². The maximum atomic E-state index is 14.8. The number of amides is 2. The summed E-state index contributed by atoms with van der Waals surface area (Å²) < 4.78 is 21.4. The molecule has 0 radical (unpaired) electrons. The number of hydrogen-bond donors (Lipinski definition) is 2. The molecule has 1 aliphatic rings. The third-order valence-corrected chi connectivity index (χ3v) is 4.65. The van der Waals surface area contributed by atoms with Crippen molar-refractivity contribution >= 4 is 28.5 Å². The lowest BCUT2D eigenvalue weighted by molar-refractivity contribution is -0.119. The van der Waals surface area contributed by atoms with E-state index in [-0.39, 0.29) is 30.6 Å². The van der Waals surface area contributed by atoms with E-state index in [2.05, 4.69) is 5.32 Å². The molecule has 28 heavy (non-hydrogen) atoms. The summed E-state index contributed by atoms with van der Waals surface area (Å²) in [7, 11) is 0. The van der Waals surface area contributed by atoms with Gasteiger partial charge in [-0.1, -0.05) is 18.2 Å². The monoisotopic (exact) mass is 383 g/mol. The minimum absolute atomic E-state index is 0.0572. The van der Waals surface area contributed by atoms with E-state index in [0.717, 1.165) is 5.39 Å². The van der Waals surface area contributed by atoms with Crippen molar-refractivity contribution < 1.29 is 23.8 Å². The van der Waals surface area contributed by atoms with E-state index in [1.165, 1.54) is 28.5 Å². The molecular weight excluding hydrogens is 365 g/mol. The molecule has 0 spiro atoms. The normalized spacial score (nSPS) is 16.4. The average Bonchev–Trinajstić information content (AvgIpc) is 3.20. The first-order valence-corrected chi connectivity index (χ1v) is 8.75. The van der Waals surface area contributed by atoms with E-state index in [1.807, 2.05) is 12.1 Å². The number of carbonyl (C=O) groups is 2. The fraction of sp³-hybridized carbons (Fsp3) is 0.200. The Hall–Kier alpha value is -3.55. The number of fused-ring (bicyclic) bond motifs is 1. The fourth-order valence-electron chi connectivity index (χ4n) is 3.28. The summed E-state index contributed by atoms with van der Waals surface area (Å²) in [5, 5.41) is 14.4. The minimum atomic E-state index is -0.600. The molecule has 144 valence electrons. The lowest BCUT2D eigenvalue weighted by atomic mass is 10.2. The van der Waals surface area contributed by atoms with Crippen LogP contribution in [0.25, 0.3) is 16.5 Å². The molecule has 2 aromatic carbocycles. The second kappa shape index (κ2) is 6.88. The van der Waals surface area contributed by atoms with Crippen molar-refractivity contribution in [2.24, 2.45) is 0 Å². The molecule has 3 aromatic rings. The smallest absolute Gasteiger partial charge is 0.414 e. The van der Waals surface area contributed by atoms with Crippen molar-refractivity contribution in [2.75, 3.05) is 18.0 Å². The molecule has 0 bridgehead atoms. The molecule has 4 rings (SSSR count). The highest BCUT2D eigenvalue weighted by Crippen LogP contribution is 2.32. The predicted octanol–water partition coefficient (Wildman–Crippen LogP) is 2.94. The van der Waals surface area contributed by atoms with E-state index < -0.39 is 18.0 Å². The highest BCUT2D eigenvalue weighted by molar-refractivity contribution is 5.91. The van der Waals surface area contributed by atoms with Gasteiger partial charge in [-0.15, -0.1) is 0 Å². The first kappa shape index (κ1) is 17.8. The van der Waals surface area contributed by atoms with Crippen LogP contribution >= 0.6 is 0 Å². The van der Waals surface area contributed by atoms with E-state index in [4.69, 9.17) is 4.74 Å². The number of anilines is 1. The van der Waals surface area contributed by atoms with Crippen molar-refractivity contribution in [1.82, 2.24) is 9.88 Å². The van der Waals surface area contributed by atoms with Crippen molar-refractivity contribution in [2.45, 2.75) is 13.0 Å². The quantitative estimate of drug-likeness (QED) is 0.726. The van der Waals surface area contributed by atoms with E-state index in [0.29, 0.717) is 11.1 Å². The summed E-state index contributed by atoms with van der Waals surface area (Å²) >= 11 is 0. The van der Waals surface area contributed by atoms with Gasteiger partial charge in [-0.3, -0.25) is 14.3 Å². The van der Waals surface area contributed by atoms with Crippen LogP contribution in [-0.2, 0) is 9.53 Å². The van der Waals surface area contributed by atoms with Crippen LogP contribution in [0.1, 0.15) is 6.92 Å². The van der Waals surface area contributed by atoms with Crippen LogP contribution in [0, 0.1) is 5.82 Å². The first-order valence-electron chi connectivity index (χ1n) is 8.75. The van der Waals surface area contributed by atoms with Gasteiger partial charge in [-0.2, -0.15) is 0 Å². The zero-order valence-electron chi connectivity index (χ0n) is 15.1. The summed E-state index contributed by atoms with van der Waals surface area (Å²) in [6.45, 7) is 1.78. The molecule has 1 aliphatic heterocycles. The van der Waals surface area contributed by atoms with Gasteiger partial charge >= 0.3 is 6.09 Å². The van der Waals surface area contributed by atoms with Crippen molar-refractivity contribution in [1.29, 1.82) is 0 Å². The minimum Gasteiger partial charge on any atom is -0.494 e. The Morgan fingerprint density at radius 3 is 2.82 bits per heavy atom. The number of halogens is 1. The Labute approximate surface area is 159 Å². The highest BCUT2D eigenvalue weighted by Gasteiger charge is 2.32. The van der Waals surface area contributed by atoms with Crippen molar-refractivity contribution in [3.63, 3.8) is 0 Å². The van der Waals surface area contributed by atoms with Crippen LogP contribution in [0.5, 0.6) is 5.88 Å². The number of cyclic esters (lactones) is 1. The third kappa shape index (κ3) is 3.13. The Balaban J connectivity index is 1.60. The summed E-state index contributed by atoms with van der Waals surface area (Å²) in [5.41, 5.74) is 0.507. The predicted molar refractivity (Wildman–Crippen MR) is 101 cm³/mol. The fourth-order valence-corrected chi connectivity index (χ4v) is 3.28. The first-order chi connectivity index (χ1) is 13.4. The van der Waals surface area contributed by atoms with Gasteiger partial charge in [0.25, 0.3) is 0 Å². The number of nitrogens with zero attached hydrogens (tertiary/aromatic N) is 2. The van der Waals surface area contributed by atoms with E-state index >= 15 is 0 Å². The van der Waals surface area contributed by atoms with Gasteiger partial charge in [0.05, 0.1) is 24.5 Å². The van der Waals surface area contributed by atoms with Gasteiger partial charge in [0.15, 0.2) is 0 Å². The molecule has 1 atom stereocenters. The molecule has 2 N–H and O–H groups in total. The molecular formula is C20H18FN3O4. The number of carbonyl (C=O) groups excluding carboxylic acids is 2. The van der Waals surface area contributed by atoms with Crippen LogP contribution < -0.4 is 10.2 Å². The number of nitrogens with one attached hydrogen (secondary N) is 1. The summed E-state index contributed by atoms with van der Waals surface area (Å²) in [4.78, 5) is 24.4. The number of ether oxygens (including phenoxy) is 1. The summed E-state index contributed by atoms with van der Waals surface area (Å²) in [6.07, 6.45) is 0.547. The summed E-state index contributed by atoms with van der Waals surface area (Å²) in [5.74, 6) is -0.867. The standard InChI is InChI=1S/C20H18FN3O4/c1-12(25)22-9-15-11-23(20(27)28-15)14-6-7-18(17(21)8-14)24-10-13-4-2-3-5-16(13)19(24)26/h2-8,10,15,26H,9,11H2,1H3,(H,22,25)/t15-/m0/s1. The van der Waals surface area contributed by atoms with Crippen LogP contribution in [0.4, 0.5) is 14.9 Å². The second-order valence-electron chi connectivity index (χ2n) is 6.60. The molecule has 2 heterocycles. The Morgan fingerprint density at radius 2 is 2.11 bits per heavy atom. The number of benzene rings is 2. The van der Waals surface area contributed by atoms with E-state index in [9.17, 15) is 19.1 Å². The number of aromatic nitrogens is 1. The third-order valence-electron chi connectivity index (χ3n) is 4.65. The molecule has 7 nitrogen and oxygen atoms in total. The van der Waals surface area contributed by atoms with Gasteiger partial charge in [-0.05, 0) is 24.3 Å². The molecule has 1 saturated heterocycles. The molecule has 0 unspecified atom stereocenters. The number of rotatable bonds is 4. The van der Waals surface area contributed by atoms with Gasteiger partial charge < -0.3 is 15.2 Å². The maximum Gasteiger partial charge on any atom is 0.414 e. The SMILES string of the molecule is CC(=O)NC[C@H]1CN(c2ccc(-n3cc4ccccc4c3O)c(F)c2)C(=O)O1. The average molecular weight is 383 g/mol. The Morgan fingerprint density at radius 1 is 1.32 bits per heavy atom. The molecule has 1 aromatic heterocycles. The summed E-state index contributed by atoms with van der Waals surface area (Å²) in [6, 6.07) is 11.5. The lowest BCUT2D eigenvalue weighted by Crippen LogP contribution is -2.33. The van der Waals surface area contributed by atoms with Crippen LogP contribution in [0.15, 0.2) is 48.7 Å². The van der Waals surface area contributed by atoms with Crippen LogP contribution in [-0.4, -0.2) is 40.9 Å². The lowest BCUT2D eigenvalue weighted by Gasteiger charge is -2.15. The van der Waals surface area contributed by atoms with Crippen molar-refractivity contribution in [3.05, 3.63) is 54.5 Å². The van der Waals surface area contributed by atoms with Gasteiger partial charge in [0.1, 0.15) is 11.9 Å². The number of hydrogen-bond acceptors (Lipinski definition) is 4. The van der Waals surface area contributed by atoms with E-state index in [1.54, 1.807) is 24.4 Å². The topological polar surface area (TPSA) is 83.8 Å². The Bertz CT molecular complexity index is 1080. The molecule has 2 amide bonds. The Kier molecular flexibility index (Phi) is 4.38.